The van der Waals surface area contributed by atoms with Crippen molar-refractivity contribution in [1.82, 2.24) is 0 Å². The van der Waals surface area contributed by atoms with Crippen LogP contribution in [0.1, 0.15) is 10.4 Å². The van der Waals surface area contributed by atoms with Crippen LogP contribution in [0.25, 0.3) is 0 Å². The molecule has 0 bridgehead atoms. The van der Waals surface area contributed by atoms with Gasteiger partial charge in [0.05, 0.1) is 24.8 Å². The molecule has 0 aliphatic rings. The molecular formula is C9H8Cl2O3. The lowest BCUT2D eigenvalue weighted by Crippen LogP contribution is -1.96. The number of rotatable bonds is 3. The normalized spacial score (nSPS) is 9.71. The second kappa shape index (κ2) is 4.53. The van der Waals surface area contributed by atoms with Crippen LogP contribution in [0.2, 0.25) is 5.02 Å². The summed E-state index contributed by atoms with van der Waals surface area (Å²) in [6, 6.07) is 3.05. The summed E-state index contributed by atoms with van der Waals surface area (Å²) in [5, 5.41) is -0.470. The Morgan fingerprint density at radius 3 is 2.36 bits per heavy atom. The molecule has 0 spiro atoms. The highest BCUT2D eigenvalue weighted by atomic mass is 35.5. The van der Waals surface area contributed by atoms with Crippen LogP contribution in [0, 0.1) is 0 Å². The van der Waals surface area contributed by atoms with Gasteiger partial charge in [0.1, 0.15) is 0 Å². The molecule has 76 valence electrons. The van der Waals surface area contributed by atoms with Crippen LogP contribution in [0.3, 0.4) is 0 Å². The van der Waals surface area contributed by atoms with Crippen molar-refractivity contribution in [3.8, 4) is 11.5 Å². The molecule has 1 rings (SSSR count). The lowest BCUT2D eigenvalue weighted by molar-refractivity contribution is 0.108. The summed E-state index contributed by atoms with van der Waals surface area (Å²) < 4.78 is 9.98. The molecule has 14 heavy (non-hydrogen) atoms. The molecule has 0 unspecified atom stereocenters. The van der Waals surface area contributed by atoms with E-state index >= 15 is 0 Å². The Labute approximate surface area is 91.5 Å². The number of benzene rings is 1. The molecule has 3 nitrogen and oxygen atoms in total. The molecule has 0 radical (unpaired) electrons. The first-order valence-electron chi connectivity index (χ1n) is 3.72. The molecule has 5 heteroatoms. The average molecular weight is 235 g/mol. The fourth-order valence-corrected chi connectivity index (χ4v) is 1.57. The Morgan fingerprint density at radius 1 is 1.29 bits per heavy atom. The van der Waals surface area contributed by atoms with E-state index in [1.807, 2.05) is 0 Å². The Hall–Kier alpha value is -0.930. The number of ether oxygens (including phenoxy) is 2. The van der Waals surface area contributed by atoms with Crippen molar-refractivity contribution < 1.29 is 14.3 Å². The highest BCUT2D eigenvalue weighted by molar-refractivity contribution is 6.68. The van der Waals surface area contributed by atoms with Crippen molar-refractivity contribution in [2.24, 2.45) is 0 Å². The lowest BCUT2D eigenvalue weighted by atomic mass is 10.2. The first kappa shape index (κ1) is 11.1. The number of halogens is 2. The van der Waals surface area contributed by atoms with Gasteiger partial charge >= 0.3 is 0 Å². The first-order chi connectivity index (χ1) is 6.61. The van der Waals surface area contributed by atoms with Crippen LogP contribution < -0.4 is 9.47 Å². The fraction of sp³-hybridized carbons (Fsp3) is 0.222. The molecule has 0 saturated heterocycles. The monoisotopic (exact) mass is 234 g/mol. The van der Waals surface area contributed by atoms with E-state index < -0.39 is 5.24 Å². The maximum absolute atomic E-state index is 10.9. The molecule has 0 atom stereocenters. The van der Waals surface area contributed by atoms with E-state index in [1.165, 1.54) is 20.3 Å². The summed E-state index contributed by atoms with van der Waals surface area (Å²) in [4.78, 5) is 10.9. The van der Waals surface area contributed by atoms with E-state index in [0.29, 0.717) is 11.5 Å². The van der Waals surface area contributed by atoms with Crippen molar-refractivity contribution in [3.05, 3.63) is 22.7 Å². The fourth-order valence-electron chi connectivity index (χ4n) is 1.04. The predicted octanol–water partition coefficient (Wildman–Crippen LogP) is 2.74. The molecule has 0 aromatic heterocycles. The maximum atomic E-state index is 10.9. The van der Waals surface area contributed by atoms with Gasteiger partial charge in [-0.2, -0.15) is 0 Å². The van der Waals surface area contributed by atoms with Crippen molar-refractivity contribution in [3.63, 3.8) is 0 Å². The Bertz CT molecular complexity index is 363. The van der Waals surface area contributed by atoms with Gasteiger partial charge in [0, 0.05) is 0 Å². The number of methoxy groups -OCH3 is 2. The number of carbonyl (C=O) groups is 1. The third-order valence-electron chi connectivity index (χ3n) is 1.70. The molecule has 0 saturated carbocycles. The first-order valence-corrected chi connectivity index (χ1v) is 4.47. The second-order valence-corrected chi connectivity index (χ2v) is 3.16. The maximum Gasteiger partial charge on any atom is 0.254 e. The molecule has 0 N–H and O–H groups in total. The van der Waals surface area contributed by atoms with Gasteiger partial charge in [0.2, 0.25) is 0 Å². The smallest absolute Gasteiger partial charge is 0.254 e. The van der Waals surface area contributed by atoms with Crippen molar-refractivity contribution in [1.29, 1.82) is 0 Å². The minimum atomic E-state index is -0.629. The largest absolute Gasteiger partial charge is 0.493 e. The quantitative estimate of drug-likeness (QED) is 0.755. The summed E-state index contributed by atoms with van der Waals surface area (Å²) in [6.07, 6.45) is 0. The third-order valence-corrected chi connectivity index (χ3v) is 2.28. The summed E-state index contributed by atoms with van der Waals surface area (Å²) in [5.74, 6) is 0.764. The Morgan fingerprint density at radius 2 is 1.93 bits per heavy atom. The van der Waals surface area contributed by atoms with E-state index in [-0.39, 0.29) is 10.6 Å². The Balaban J connectivity index is 3.34. The Kier molecular flexibility index (Phi) is 3.61. The molecule has 1 aromatic carbocycles. The highest BCUT2D eigenvalue weighted by Crippen LogP contribution is 2.37. The average Bonchev–Trinajstić information content (AvgIpc) is 2.16. The van der Waals surface area contributed by atoms with Crippen LogP contribution in [0.5, 0.6) is 11.5 Å². The van der Waals surface area contributed by atoms with Gasteiger partial charge in [0.25, 0.3) is 5.24 Å². The van der Waals surface area contributed by atoms with Gasteiger partial charge in [-0.15, -0.1) is 0 Å². The summed E-state index contributed by atoms with van der Waals surface area (Å²) in [7, 11) is 2.92. The van der Waals surface area contributed by atoms with E-state index in [2.05, 4.69) is 0 Å². The van der Waals surface area contributed by atoms with E-state index in [4.69, 9.17) is 32.7 Å². The molecule has 0 amide bonds. The highest BCUT2D eigenvalue weighted by Gasteiger charge is 2.16. The summed E-state index contributed by atoms with van der Waals surface area (Å²) >= 11 is 11.2. The van der Waals surface area contributed by atoms with Gasteiger partial charge in [-0.05, 0) is 23.7 Å². The van der Waals surface area contributed by atoms with E-state index in [1.54, 1.807) is 6.07 Å². The van der Waals surface area contributed by atoms with Crippen LogP contribution in [-0.4, -0.2) is 19.5 Å². The van der Waals surface area contributed by atoms with Gasteiger partial charge in [0.15, 0.2) is 11.5 Å². The minimum Gasteiger partial charge on any atom is -0.493 e. The van der Waals surface area contributed by atoms with Crippen LogP contribution in [0.4, 0.5) is 0 Å². The topological polar surface area (TPSA) is 35.5 Å². The van der Waals surface area contributed by atoms with Gasteiger partial charge < -0.3 is 9.47 Å². The summed E-state index contributed by atoms with van der Waals surface area (Å²) in [5.41, 5.74) is 0.200. The summed E-state index contributed by atoms with van der Waals surface area (Å²) in [6.45, 7) is 0. The van der Waals surface area contributed by atoms with Crippen molar-refractivity contribution in [2.45, 2.75) is 0 Å². The molecule has 0 fully saturated rings. The van der Waals surface area contributed by atoms with Crippen molar-refractivity contribution in [2.75, 3.05) is 14.2 Å². The predicted molar refractivity (Wildman–Crippen MR) is 54.7 cm³/mol. The van der Waals surface area contributed by atoms with Crippen LogP contribution in [0.15, 0.2) is 12.1 Å². The zero-order chi connectivity index (χ0) is 10.7. The van der Waals surface area contributed by atoms with Crippen molar-refractivity contribution >= 4 is 28.4 Å². The molecule has 0 heterocycles. The van der Waals surface area contributed by atoms with Gasteiger partial charge in [-0.25, -0.2) is 0 Å². The molecule has 0 aliphatic heterocycles. The van der Waals surface area contributed by atoms with Gasteiger partial charge in [-0.1, -0.05) is 11.6 Å². The number of carbonyl (C=O) groups excluding carboxylic acids is 1. The number of hydrogen-bond donors (Lipinski definition) is 0. The molecule has 0 aliphatic carbocycles. The number of hydrogen-bond acceptors (Lipinski definition) is 3. The van der Waals surface area contributed by atoms with E-state index in [9.17, 15) is 4.79 Å². The van der Waals surface area contributed by atoms with Gasteiger partial charge in [-0.3, -0.25) is 4.79 Å². The van der Waals surface area contributed by atoms with E-state index in [0.717, 1.165) is 0 Å². The lowest BCUT2D eigenvalue weighted by Gasteiger charge is -2.10. The van der Waals surface area contributed by atoms with Crippen LogP contribution >= 0.6 is 23.2 Å². The SMILES string of the molecule is COc1ccc(C(=O)Cl)c(Cl)c1OC. The molecule has 1 aromatic rings. The second-order valence-electron chi connectivity index (χ2n) is 2.44. The zero-order valence-electron chi connectivity index (χ0n) is 7.64. The molecular weight excluding hydrogens is 227 g/mol. The third kappa shape index (κ3) is 1.94. The van der Waals surface area contributed by atoms with Crippen LogP contribution in [-0.2, 0) is 0 Å². The minimum absolute atomic E-state index is 0.159. The standard InChI is InChI=1S/C9H8Cl2O3/c1-13-6-4-3-5(9(11)12)7(10)8(6)14-2/h3-4H,1-2H3. The zero-order valence-corrected chi connectivity index (χ0v) is 9.15.